The topological polar surface area (TPSA) is 67.8 Å². The van der Waals surface area contributed by atoms with Gasteiger partial charge in [-0.1, -0.05) is 12.1 Å². The standard InChI is InChI=1S/C16H17NO4/c1-11(2)20-14-5-3-4-6-15(14)21-16(19)17-12-7-9-13(18)10-8-12/h3-11,18H,1-2H3,(H,17,19). The third-order valence-electron chi connectivity index (χ3n) is 2.53. The smallest absolute Gasteiger partial charge is 0.417 e. The minimum absolute atomic E-state index is 0.0186. The third-order valence-corrected chi connectivity index (χ3v) is 2.53. The largest absolute Gasteiger partial charge is 0.508 e. The minimum atomic E-state index is -0.625. The van der Waals surface area contributed by atoms with Crippen LogP contribution in [-0.2, 0) is 0 Å². The van der Waals surface area contributed by atoms with Crippen LogP contribution < -0.4 is 14.8 Å². The van der Waals surface area contributed by atoms with Crippen molar-refractivity contribution in [1.82, 2.24) is 0 Å². The highest BCUT2D eigenvalue weighted by atomic mass is 16.6. The minimum Gasteiger partial charge on any atom is -0.508 e. The van der Waals surface area contributed by atoms with Gasteiger partial charge < -0.3 is 14.6 Å². The van der Waals surface area contributed by atoms with Crippen LogP contribution in [0.2, 0.25) is 0 Å². The number of ether oxygens (including phenoxy) is 2. The third kappa shape index (κ3) is 4.42. The van der Waals surface area contributed by atoms with Crippen LogP contribution in [0.1, 0.15) is 13.8 Å². The summed E-state index contributed by atoms with van der Waals surface area (Å²) in [5.74, 6) is 0.987. The number of amides is 1. The summed E-state index contributed by atoms with van der Waals surface area (Å²) in [4.78, 5) is 11.9. The van der Waals surface area contributed by atoms with E-state index in [0.717, 1.165) is 0 Å². The molecule has 0 radical (unpaired) electrons. The van der Waals surface area contributed by atoms with Gasteiger partial charge in [-0.05, 0) is 50.2 Å². The van der Waals surface area contributed by atoms with Gasteiger partial charge in [-0.2, -0.15) is 0 Å². The first-order chi connectivity index (χ1) is 10.0. The number of nitrogens with one attached hydrogen (secondary N) is 1. The summed E-state index contributed by atoms with van der Waals surface area (Å²) in [6, 6.07) is 13.1. The summed E-state index contributed by atoms with van der Waals surface area (Å²) in [6.45, 7) is 3.79. The van der Waals surface area contributed by atoms with Gasteiger partial charge in [-0.25, -0.2) is 4.79 Å². The van der Waals surface area contributed by atoms with Crippen molar-refractivity contribution in [2.24, 2.45) is 0 Å². The number of para-hydroxylation sites is 2. The average molecular weight is 287 g/mol. The van der Waals surface area contributed by atoms with Gasteiger partial charge in [0.05, 0.1) is 6.10 Å². The second-order valence-electron chi connectivity index (χ2n) is 4.67. The molecule has 5 heteroatoms. The fourth-order valence-electron chi connectivity index (χ4n) is 1.67. The molecule has 2 aromatic rings. The normalized spacial score (nSPS) is 10.2. The number of benzene rings is 2. The Hall–Kier alpha value is -2.69. The van der Waals surface area contributed by atoms with E-state index in [1.54, 1.807) is 30.3 Å². The Bertz CT molecular complexity index is 608. The Labute approximate surface area is 123 Å². The quantitative estimate of drug-likeness (QED) is 0.839. The van der Waals surface area contributed by atoms with Gasteiger partial charge in [-0.15, -0.1) is 0 Å². The summed E-state index contributed by atoms with van der Waals surface area (Å²) in [6.07, 6.45) is -0.643. The van der Waals surface area contributed by atoms with Gasteiger partial charge in [0, 0.05) is 5.69 Å². The Morgan fingerprint density at radius 2 is 1.67 bits per heavy atom. The lowest BCUT2D eigenvalue weighted by Crippen LogP contribution is -2.17. The monoisotopic (exact) mass is 287 g/mol. The molecular weight excluding hydrogens is 270 g/mol. The number of aromatic hydroxyl groups is 1. The van der Waals surface area contributed by atoms with Gasteiger partial charge in [-0.3, -0.25) is 5.32 Å². The van der Waals surface area contributed by atoms with E-state index in [0.29, 0.717) is 17.2 Å². The number of phenols is 1. The summed E-state index contributed by atoms with van der Waals surface area (Å²) in [5.41, 5.74) is 0.528. The number of hydrogen-bond donors (Lipinski definition) is 2. The zero-order valence-electron chi connectivity index (χ0n) is 11.9. The number of carbonyl (C=O) groups excluding carboxylic acids is 1. The molecule has 2 N–H and O–H groups in total. The molecule has 0 bridgehead atoms. The van der Waals surface area contributed by atoms with E-state index >= 15 is 0 Å². The van der Waals surface area contributed by atoms with Gasteiger partial charge in [0.2, 0.25) is 0 Å². The maximum atomic E-state index is 11.9. The van der Waals surface area contributed by atoms with E-state index in [4.69, 9.17) is 9.47 Å². The Morgan fingerprint density at radius 1 is 1.05 bits per heavy atom. The zero-order valence-corrected chi connectivity index (χ0v) is 11.9. The van der Waals surface area contributed by atoms with Crippen molar-refractivity contribution in [1.29, 1.82) is 0 Å². The van der Waals surface area contributed by atoms with E-state index < -0.39 is 6.09 Å². The lowest BCUT2D eigenvalue weighted by molar-refractivity contribution is 0.204. The van der Waals surface area contributed by atoms with Crippen molar-refractivity contribution in [2.75, 3.05) is 5.32 Å². The van der Waals surface area contributed by atoms with Crippen LogP contribution in [0.15, 0.2) is 48.5 Å². The van der Waals surface area contributed by atoms with Gasteiger partial charge in [0.25, 0.3) is 0 Å². The van der Waals surface area contributed by atoms with Crippen LogP contribution in [0.3, 0.4) is 0 Å². The van der Waals surface area contributed by atoms with Crippen LogP contribution in [0.25, 0.3) is 0 Å². The van der Waals surface area contributed by atoms with Crippen LogP contribution in [0, 0.1) is 0 Å². The van der Waals surface area contributed by atoms with Gasteiger partial charge >= 0.3 is 6.09 Å². The molecule has 21 heavy (non-hydrogen) atoms. The number of phenolic OH excluding ortho intramolecular Hbond substituents is 1. The molecule has 2 rings (SSSR count). The van der Waals surface area contributed by atoms with E-state index in [9.17, 15) is 9.90 Å². The molecule has 0 saturated carbocycles. The SMILES string of the molecule is CC(C)Oc1ccccc1OC(=O)Nc1ccc(O)cc1. The zero-order chi connectivity index (χ0) is 15.2. The average Bonchev–Trinajstić information content (AvgIpc) is 2.43. The van der Waals surface area contributed by atoms with Crippen LogP contribution >= 0.6 is 0 Å². The fourth-order valence-corrected chi connectivity index (χ4v) is 1.67. The molecule has 5 nitrogen and oxygen atoms in total. The molecule has 0 unspecified atom stereocenters. The van der Waals surface area contributed by atoms with Crippen molar-refractivity contribution in [2.45, 2.75) is 20.0 Å². The summed E-state index contributed by atoms with van der Waals surface area (Å²) in [7, 11) is 0. The van der Waals surface area contributed by atoms with Crippen LogP contribution in [0.4, 0.5) is 10.5 Å². The van der Waals surface area contributed by atoms with E-state index in [-0.39, 0.29) is 11.9 Å². The molecular formula is C16H17NO4. The fraction of sp³-hybridized carbons (Fsp3) is 0.188. The number of hydrogen-bond acceptors (Lipinski definition) is 4. The van der Waals surface area contributed by atoms with E-state index in [1.165, 1.54) is 12.1 Å². The molecule has 110 valence electrons. The van der Waals surface area contributed by atoms with E-state index in [2.05, 4.69) is 5.32 Å². The molecule has 0 aromatic heterocycles. The number of rotatable bonds is 4. The first kappa shape index (κ1) is 14.7. The predicted molar refractivity (Wildman–Crippen MR) is 80.0 cm³/mol. The van der Waals surface area contributed by atoms with Crippen LogP contribution in [-0.4, -0.2) is 17.3 Å². The molecule has 0 saturated heterocycles. The summed E-state index contributed by atoms with van der Waals surface area (Å²) >= 11 is 0. The molecule has 2 aromatic carbocycles. The highest BCUT2D eigenvalue weighted by Gasteiger charge is 2.11. The van der Waals surface area contributed by atoms with Crippen molar-refractivity contribution >= 4 is 11.8 Å². The lowest BCUT2D eigenvalue weighted by atomic mass is 10.3. The summed E-state index contributed by atoms with van der Waals surface area (Å²) in [5, 5.41) is 11.8. The van der Waals surface area contributed by atoms with Crippen molar-refractivity contribution < 1.29 is 19.4 Å². The van der Waals surface area contributed by atoms with Crippen LogP contribution in [0.5, 0.6) is 17.2 Å². The maximum absolute atomic E-state index is 11.9. The molecule has 0 aliphatic rings. The lowest BCUT2D eigenvalue weighted by Gasteiger charge is -2.14. The molecule has 0 aliphatic carbocycles. The Morgan fingerprint density at radius 3 is 2.29 bits per heavy atom. The molecule has 0 heterocycles. The maximum Gasteiger partial charge on any atom is 0.417 e. The first-order valence-electron chi connectivity index (χ1n) is 6.58. The predicted octanol–water partition coefficient (Wildman–Crippen LogP) is 3.79. The first-order valence-corrected chi connectivity index (χ1v) is 6.58. The highest BCUT2D eigenvalue weighted by molar-refractivity contribution is 5.86. The second kappa shape index (κ2) is 6.65. The Kier molecular flexibility index (Phi) is 4.66. The van der Waals surface area contributed by atoms with Gasteiger partial charge in [0.15, 0.2) is 11.5 Å². The molecule has 0 aliphatic heterocycles. The van der Waals surface area contributed by atoms with Crippen molar-refractivity contribution in [3.8, 4) is 17.2 Å². The second-order valence-corrected chi connectivity index (χ2v) is 4.67. The summed E-state index contributed by atoms with van der Waals surface area (Å²) < 4.78 is 10.8. The Balaban J connectivity index is 2.04. The molecule has 1 amide bonds. The molecule has 0 spiro atoms. The van der Waals surface area contributed by atoms with Gasteiger partial charge in [0.1, 0.15) is 5.75 Å². The number of anilines is 1. The number of carbonyl (C=O) groups is 1. The van der Waals surface area contributed by atoms with E-state index in [1.807, 2.05) is 19.9 Å². The highest BCUT2D eigenvalue weighted by Crippen LogP contribution is 2.27. The van der Waals surface area contributed by atoms with Crippen molar-refractivity contribution in [3.63, 3.8) is 0 Å². The molecule has 0 fully saturated rings. The molecule has 0 atom stereocenters. The van der Waals surface area contributed by atoms with Crippen molar-refractivity contribution in [3.05, 3.63) is 48.5 Å².